The minimum Gasteiger partial charge on any atom is -0.494 e. The number of likely N-dealkylation sites (tertiary alicyclic amines) is 1. The maximum absolute atomic E-state index is 10.4. The number of piperidine rings is 1. The second-order valence-corrected chi connectivity index (χ2v) is 5.49. The van der Waals surface area contributed by atoms with Crippen molar-refractivity contribution < 1.29 is 9.53 Å². The number of hydrogen-bond acceptors (Lipinski definition) is 3. The van der Waals surface area contributed by atoms with Crippen LogP contribution in [0, 0.1) is 0 Å². The quantitative estimate of drug-likeness (QED) is 0.620. The minimum atomic E-state index is 0.356. The second kappa shape index (κ2) is 8.12. The molecule has 1 fully saturated rings. The van der Waals surface area contributed by atoms with Crippen LogP contribution in [0.1, 0.15) is 19.3 Å². The number of carbonyl (C=O) groups is 1. The van der Waals surface area contributed by atoms with E-state index in [1.54, 1.807) is 0 Å². The molecule has 1 heterocycles. The summed E-state index contributed by atoms with van der Waals surface area (Å²) in [6.07, 6.45) is 3.89. The van der Waals surface area contributed by atoms with Crippen LogP contribution in [0.15, 0.2) is 24.3 Å². The normalized spacial score (nSPS) is 16.9. The molecule has 1 aromatic rings. The van der Waals surface area contributed by atoms with Crippen LogP contribution in [0.3, 0.4) is 0 Å². The van der Waals surface area contributed by atoms with Crippen LogP contribution in [-0.4, -0.2) is 43.6 Å². The van der Waals surface area contributed by atoms with Gasteiger partial charge >= 0.3 is 0 Å². The Hall–Kier alpha value is -1.26. The lowest BCUT2D eigenvalue weighted by atomic mass is 10.1. The molecule has 4 nitrogen and oxygen atoms in total. The lowest BCUT2D eigenvalue weighted by Gasteiger charge is -2.31. The molecule has 0 unspecified atom stereocenters. The van der Waals surface area contributed by atoms with Crippen LogP contribution in [0.2, 0.25) is 5.02 Å². The first-order valence-electron chi connectivity index (χ1n) is 7.08. The zero-order chi connectivity index (χ0) is 14.2. The summed E-state index contributed by atoms with van der Waals surface area (Å²) in [5.74, 6) is 0.864. The molecule has 0 spiro atoms. The van der Waals surface area contributed by atoms with Gasteiger partial charge in [-0.1, -0.05) is 11.6 Å². The molecule has 0 radical (unpaired) electrons. The number of hydrogen-bond donors (Lipinski definition) is 1. The van der Waals surface area contributed by atoms with E-state index in [1.165, 1.54) is 0 Å². The average Bonchev–Trinajstić information content (AvgIpc) is 2.47. The Balaban J connectivity index is 1.57. The highest BCUT2D eigenvalue weighted by Gasteiger charge is 2.17. The Labute approximate surface area is 125 Å². The lowest BCUT2D eigenvalue weighted by Crippen LogP contribution is -2.42. The van der Waals surface area contributed by atoms with Gasteiger partial charge in [-0.3, -0.25) is 4.79 Å². The van der Waals surface area contributed by atoms with Crippen LogP contribution >= 0.6 is 11.6 Å². The fourth-order valence-electron chi connectivity index (χ4n) is 2.43. The van der Waals surface area contributed by atoms with Gasteiger partial charge in [-0.25, -0.2) is 0 Å². The summed E-state index contributed by atoms with van der Waals surface area (Å²) in [5.41, 5.74) is 0. The molecular formula is C15H21ClN2O2. The van der Waals surface area contributed by atoms with Crippen molar-refractivity contribution in [2.24, 2.45) is 0 Å². The zero-order valence-corrected chi connectivity index (χ0v) is 12.3. The van der Waals surface area contributed by atoms with Gasteiger partial charge in [-0.2, -0.15) is 0 Å². The van der Waals surface area contributed by atoms with Crippen molar-refractivity contribution in [2.45, 2.75) is 25.3 Å². The van der Waals surface area contributed by atoms with Crippen molar-refractivity contribution in [1.29, 1.82) is 0 Å². The SMILES string of the molecule is O=CNC1CCN(CCCOc2ccc(Cl)cc2)CC1. The molecule has 20 heavy (non-hydrogen) atoms. The van der Waals surface area contributed by atoms with Gasteiger partial charge in [0, 0.05) is 30.7 Å². The fraction of sp³-hybridized carbons (Fsp3) is 0.533. The minimum absolute atomic E-state index is 0.356. The molecule has 0 aliphatic carbocycles. The predicted molar refractivity (Wildman–Crippen MR) is 80.2 cm³/mol. The summed E-state index contributed by atoms with van der Waals surface area (Å²) in [6.45, 7) is 3.86. The highest BCUT2D eigenvalue weighted by atomic mass is 35.5. The number of halogens is 1. The Morgan fingerprint density at radius 3 is 2.65 bits per heavy atom. The molecule has 0 saturated carbocycles. The largest absolute Gasteiger partial charge is 0.494 e. The molecule has 0 bridgehead atoms. The summed E-state index contributed by atoms with van der Waals surface area (Å²) in [6, 6.07) is 7.80. The van der Waals surface area contributed by atoms with E-state index in [9.17, 15) is 4.79 Å². The van der Waals surface area contributed by atoms with Gasteiger partial charge < -0.3 is 15.0 Å². The maximum atomic E-state index is 10.4. The van der Waals surface area contributed by atoms with Crippen molar-refractivity contribution in [1.82, 2.24) is 10.2 Å². The van der Waals surface area contributed by atoms with E-state index < -0.39 is 0 Å². The highest BCUT2D eigenvalue weighted by Crippen LogP contribution is 2.16. The summed E-state index contributed by atoms with van der Waals surface area (Å²) >= 11 is 5.82. The average molecular weight is 297 g/mol. The van der Waals surface area contributed by atoms with Crippen molar-refractivity contribution >= 4 is 18.0 Å². The Kier molecular flexibility index (Phi) is 6.15. The molecule has 1 saturated heterocycles. The summed E-state index contributed by atoms with van der Waals surface area (Å²) < 4.78 is 5.67. The van der Waals surface area contributed by atoms with Gasteiger partial charge in [-0.05, 0) is 43.5 Å². The number of benzene rings is 1. The number of nitrogens with one attached hydrogen (secondary N) is 1. The number of amides is 1. The van der Waals surface area contributed by atoms with Gasteiger partial charge in [0.25, 0.3) is 0 Å². The third-order valence-electron chi connectivity index (χ3n) is 3.59. The number of ether oxygens (including phenoxy) is 1. The molecule has 0 aromatic heterocycles. The molecule has 1 amide bonds. The van der Waals surface area contributed by atoms with E-state index in [0.717, 1.165) is 56.1 Å². The van der Waals surface area contributed by atoms with Crippen LogP contribution in [-0.2, 0) is 4.79 Å². The van der Waals surface area contributed by atoms with Crippen LogP contribution < -0.4 is 10.1 Å². The van der Waals surface area contributed by atoms with Gasteiger partial charge in [0.1, 0.15) is 5.75 Å². The van der Waals surface area contributed by atoms with E-state index in [4.69, 9.17) is 16.3 Å². The third-order valence-corrected chi connectivity index (χ3v) is 3.84. The van der Waals surface area contributed by atoms with Crippen LogP contribution in [0.4, 0.5) is 0 Å². The summed E-state index contributed by atoms with van der Waals surface area (Å²) in [4.78, 5) is 12.8. The van der Waals surface area contributed by atoms with Crippen molar-refractivity contribution in [3.63, 3.8) is 0 Å². The first-order valence-corrected chi connectivity index (χ1v) is 7.46. The van der Waals surface area contributed by atoms with Crippen molar-refractivity contribution in [2.75, 3.05) is 26.2 Å². The standard InChI is InChI=1S/C15H21ClN2O2/c16-13-2-4-15(5-3-13)20-11-1-8-18-9-6-14(7-10-18)17-12-19/h2-5,12,14H,1,6-11H2,(H,17,19). The van der Waals surface area contributed by atoms with E-state index in [1.807, 2.05) is 24.3 Å². The van der Waals surface area contributed by atoms with E-state index in [2.05, 4.69) is 10.2 Å². The molecule has 1 aliphatic rings. The smallest absolute Gasteiger partial charge is 0.207 e. The van der Waals surface area contributed by atoms with Gasteiger partial charge in [0.05, 0.1) is 6.61 Å². The third kappa shape index (κ3) is 5.02. The van der Waals surface area contributed by atoms with Crippen LogP contribution in [0.25, 0.3) is 0 Å². The van der Waals surface area contributed by atoms with Gasteiger partial charge in [0.15, 0.2) is 0 Å². The van der Waals surface area contributed by atoms with E-state index >= 15 is 0 Å². The van der Waals surface area contributed by atoms with Gasteiger partial charge in [-0.15, -0.1) is 0 Å². The van der Waals surface area contributed by atoms with Crippen molar-refractivity contribution in [3.05, 3.63) is 29.3 Å². The second-order valence-electron chi connectivity index (χ2n) is 5.06. The molecule has 0 atom stereocenters. The predicted octanol–water partition coefficient (Wildman–Crippen LogP) is 2.32. The fourth-order valence-corrected chi connectivity index (χ4v) is 2.55. The first kappa shape index (κ1) is 15.1. The molecule has 5 heteroatoms. The molecule has 1 aliphatic heterocycles. The van der Waals surface area contributed by atoms with Crippen molar-refractivity contribution in [3.8, 4) is 5.75 Å². The number of nitrogens with zero attached hydrogens (tertiary/aromatic N) is 1. The van der Waals surface area contributed by atoms with Crippen LogP contribution in [0.5, 0.6) is 5.75 Å². The molecular weight excluding hydrogens is 276 g/mol. The van der Waals surface area contributed by atoms with E-state index in [0.29, 0.717) is 12.6 Å². The summed E-state index contributed by atoms with van der Waals surface area (Å²) in [7, 11) is 0. The molecule has 2 rings (SSSR count). The molecule has 110 valence electrons. The number of carbonyl (C=O) groups excluding carboxylic acids is 1. The number of rotatable bonds is 7. The maximum Gasteiger partial charge on any atom is 0.207 e. The first-order chi connectivity index (χ1) is 9.78. The Bertz CT molecular complexity index is 403. The lowest BCUT2D eigenvalue weighted by molar-refractivity contribution is -0.110. The monoisotopic (exact) mass is 296 g/mol. The topological polar surface area (TPSA) is 41.6 Å². The zero-order valence-electron chi connectivity index (χ0n) is 11.6. The Morgan fingerprint density at radius 1 is 1.30 bits per heavy atom. The highest BCUT2D eigenvalue weighted by molar-refractivity contribution is 6.30. The van der Waals surface area contributed by atoms with Gasteiger partial charge in [0.2, 0.25) is 6.41 Å². The molecule has 1 aromatic carbocycles. The summed E-state index contributed by atoms with van der Waals surface area (Å²) in [5, 5.41) is 3.58. The van der Waals surface area contributed by atoms with E-state index in [-0.39, 0.29) is 0 Å². The molecule has 1 N–H and O–H groups in total. The Morgan fingerprint density at radius 2 is 2.00 bits per heavy atom.